The molecule has 1 aliphatic carbocycles. The van der Waals surface area contributed by atoms with Gasteiger partial charge in [-0.05, 0) is 25.0 Å². The van der Waals surface area contributed by atoms with Crippen LogP contribution < -0.4 is 9.64 Å². The highest BCUT2D eigenvalue weighted by Gasteiger charge is 2.23. The molecule has 0 bridgehead atoms. The summed E-state index contributed by atoms with van der Waals surface area (Å²) in [5.41, 5.74) is 1.53. The lowest BCUT2D eigenvalue weighted by atomic mass is 9.93. The molecule has 2 rings (SSSR count). The van der Waals surface area contributed by atoms with Crippen molar-refractivity contribution in [3.63, 3.8) is 0 Å². The van der Waals surface area contributed by atoms with Gasteiger partial charge >= 0.3 is 0 Å². The van der Waals surface area contributed by atoms with E-state index < -0.39 is 0 Å². The van der Waals surface area contributed by atoms with E-state index >= 15 is 0 Å². The molecule has 4 heteroatoms. The van der Waals surface area contributed by atoms with Gasteiger partial charge in [0.15, 0.2) is 0 Å². The average molecular weight is 274 g/mol. The molecule has 0 aromatic heterocycles. The summed E-state index contributed by atoms with van der Waals surface area (Å²) in [5, 5.41) is 18.7. The second-order valence-corrected chi connectivity index (χ2v) is 5.20. The first kappa shape index (κ1) is 14.7. The molecule has 4 nitrogen and oxygen atoms in total. The number of hydrogen-bond donors (Lipinski definition) is 1. The Balaban J connectivity index is 2.34. The van der Waals surface area contributed by atoms with Crippen LogP contribution in [0.25, 0.3) is 0 Å². The summed E-state index contributed by atoms with van der Waals surface area (Å²) in [7, 11) is 1.63. The van der Waals surface area contributed by atoms with Gasteiger partial charge in [0.25, 0.3) is 0 Å². The van der Waals surface area contributed by atoms with Gasteiger partial charge in [-0.25, -0.2) is 0 Å². The minimum Gasteiger partial charge on any atom is -0.497 e. The molecule has 1 aromatic carbocycles. The van der Waals surface area contributed by atoms with Crippen LogP contribution in [0.2, 0.25) is 0 Å². The van der Waals surface area contributed by atoms with Crippen LogP contribution in [0.1, 0.15) is 37.7 Å². The second-order valence-electron chi connectivity index (χ2n) is 5.20. The van der Waals surface area contributed by atoms with Crippen molar-refractivity contribution in [3.05, 3.63) is 23.8 Å². The van der Waals surface area contributed by atoms with Crippen LogP contribution >= 0.6 is 0 Å². The van der Waals surface area contributed by atoms with E-state index in [1.54, 1.807) is 19.2 Å². The molecule has 1 saturated carbocycles. The van der Waals surface area contributed by atoms with Crippen molar-refractivity contribution in [2.24, 2.45) is 0 Å². The summed E-state index contributed by atoms with van der Waals surface area (Å²) in [6, 6.07) is 8.16. The summed E-state index contributed by atoms with van der Waals surface area (Å²) in [6.45, 7) is 0.658. The molecule has 0 spiro atoms. The number of benzene rings is 1. The van der Waals surface area contributed by atoms with E-state index in [-0.39, 0.29) is 6.61 Å². The Bertz CT molecular complexity index is 476. The molecule has 0 unspecified atom stereocenters. The summed E-state index contributed by atoms with van der Waals surface area (Å²) < 4.78 is 5.27. The van der Waals surface area contributed by atoms with Gasteiger partial charge in [-0.15, -0.1) is 0 Å². The number of nitriles is 1. The predicted octanol–water partition coefficient (Wildman–Crippen LogP) is 2.70. The minimum atomic E-state index is 0.0958. The maximum absolute atomic E-state index is 9.36. The fourth-order valence-electron chi connectivity index (χ4n) is 2.97. The van der Waals surface area contributed by atoms with Crippen molar-refractivity contribution in [3.8, 4) is 11.8 Å². The van der Waals surface area contributed by atoms with Gasteiger partial charge in [-0.2, -0.15) is 5.26 Å². The highest BCUT2D eigenvalue weighted by atomic mass is 16.5. The first-order valence-corrected chi connectivity index (χ1v) is 7.25. The van der Waals surface area contributed by atoms with Crippen molar-refractivity contribution < 1.29 is 9.84 Å². The first-order chi connectivity index (χ1) is 9.80. The number of rotatable bonds is 5. The molecule has 1 fully saturated rings. The Morgan fingerprint density at radius 1 is 1.35 bits per heavy atom. The van der Waals surface area contributed by atoms with E-state index in [2.05, 4.69) is 11.0 Å². The second kappa shape index (κ2) is 7.16. The number of aliphatic hydroxyl groups excluding tert-OH is 1. The SMILES string of the molecule is COc1ccc(C#N)c(N(CCO)C2CCCCC2)c1. The van der Waals surface area contributed by atoms with E-state index in [1.165, 1.54) is 19.3 Å². The van der Waals surface area contributed by atoms with Crippen molar-refractivity contribution in [1.29, 1.82) is 5.26 Å². The first-order valence-electron chi connectivity index (χ1n) is 7.25. The zero-order chi connectivity index (χ0) is 14.4. The lowest BCUT2D eigenvalue weighted by Crippen LogP contribution is -2.39. The van der Waals surface area contributed by atoms with E-state index in [9.17, 15) is 10.4 Å². The topological polar surface area (TPSA) is 56.5 Å². The van der Waals surface area contributed by atoms with Gasteiger partial charge in [-0.3, -0.25) is 0 Å². The number of anilines is 1. The smallest absolute Gasteiger partial charge is 0.121 e. The molecule has 0 saturated heterocycles. The molecule has 108 valence electrons. The van der Waals surface area contributed by atoms with Gasteiger partial charge in [-0.1, -0.05) is 19.3 Å². The van der Waals surface area contributed by atoms with Crippen LogP contribution in [-0.2, 0) is 0 Å². The van der Waals surface area contributed by atoms with Crippen molar-refractivity contribution in [1.82, 2.24) is 0 Å². The molecule has 0 atom stereocenters. The zero-order valence-corrected chi connectivity index (χ0v) is 12.0. The number of hydrogen-bond acceptors (Lipinski definition) is 4. The van der Waals surface area contributed by atoms with Gasteiger partial charge in [0.2, 0.25) is 0 Å². The third kappa shape index (κ3) is 3.23. The maximum atomic E-state index is 9.36. The quantitative estimate of drug-likeness (QED) is 0.897. The number of ether oxygens (including phenoxy) is 1. The minimum absolute atomic E-state index is 0.0958. The molecule has 1 aliphatic rings. The highest BCUT2D eigenvalue weighted by molar-refractivity contribution is 5.62. The standard InChI is InChI=1S/C16H22N2O2/c1-20-15-8-7-13(12-17)16(11-15)18(9-10-19)14-5-3-2-4-6-14/h7-8,11,14,19H,2-6,9-10H2,1H3. The van der Waals surface area contributed by atoms with Gasteiger partial charge in [0.1, 0.15) is 11.8 Å². The number of nitrogens with zero attached hydrogens (tertiary/aromatic N) is 2. The Kier molecular flexibility index (Phi) is 5.25. The van der Waals surface area contributed by atoms with Crippen LogP contribution in [-0.4, -0.2) is 31.4 Å². The van der Waals surface area contributed by atoms with E-state index in [1.807, 2.05) is 6.07 Å². The number of aliphatic hydroxyl groups is 1. The average Bonchev–Trinajstić information content (AvgIpc) is 2.53. The molecular weight excluding hydrogens is 252 g/mol. The third-order valence-electron chi connectivity index (χ3n) is 3.99. The van der Waals surface area contributed by atoms with Crippen molar-refractivity contribution in [2.45, 2.75) is 38.1 Å². The van der Waals surface area contributed by atoms with E-state index in [0.29, 0.717) is 18.2 Å². The Morgan fingerprint density at radius 2 is 2.10 bits per heavy atom. The van der Waals surface area contributed by atoms with Gasteiger partial charge in [0.05, 0.1) is 25.0 Å². The van der Waals surface area contributed by atoms with Crippen molar-refractivity contribution >= 4 is 5.69 Å². The van der Waals surface area contributed by atoms with Crippen LogP contribution in [0.4, 0.5) is 5.69 Å². The summed E-state index contributed by atoms with van der Waals surface area (Å²) in [4.78, 5) is 2.18. The summed E-state index contributed by atoms with van der Waals surface area (Å²) >= 11 is 0. The molecule has 20 heavy (non-hydrogen) atoms. The van der Waals surface area contributed by atoms with Gasteiger partial charge in [0, 0.05) is 18.7 Å². The fraction of sp³-hybridized carbons (Fsp3) is 0.562. The molecule has 0 aliphatic heterocycles. The zero-order valence-electron chi connectivity index (χ0n) is 12.0. The maximum Gasteiger partial charge on any atom is 0.121 e. The molecule has 0 amide bonds. The predicted molar refractivity (Wildman–Crippen MR) is 79.0 cm³/mol. The third-order valence-corrected chi connectivity index (χ3v) is 3.99. The Hall–Kier alpha value is -1.73. The lowest BCUT2D eigenvalue weighted by molar-refractivity contribution is 0.290. The Labute approximate surface area is 120 Å². The normalized spacial score (nSPS) is 15.7. The highest BCUT2D eigenvalue weighted by Crippen LogP contribution is 2.31. The van der Waals surface area contributed by atoms with Crippen LogP contribution in [0.5, 0.6) is 5.75 Å². The summed E-state index contributed by atoms with van der Waals surface area (Å²) in [6.07, 6.45) is 5.98. The summed E-state index contributed by atoms with van der Waals surface area (Å²) in [5.74, 6) is 0.748. The molecule has 0 radical (unpaired) electrons. The monoisotopic (exact) mass is 274 g/mol. The Morgan fingerprint density at radius 3 is 2.70 bits per heavy atom. The van der Waals surface area contributed by atoms with Gasteiger partial charge < -0.3 is 14.7 Å². The van der Waals surface area contributed by atoms with E-state index in [4.69, 9.17) is 4.74 Å². The molecular formula is C16H22N2O2. The molecule has 1 N–H and O–H groups in total. The fourth-order valence-corrected chi connectivity index (χ4v) is 2.97. The lowest BCUT2D eigenvalue weighted by Gasteiger charge is -2.36. The largest absolute Gasteiger partial charge is 0.497 e. The number of methoxy groups -OCH3 is 1. The van der Waals surface area contributed by atoms with Crippen LogP contribution in [0, 0.1) is 11.3 Å². The van der Waals surface area contributed by atoms with Crippen molar-refractivity contribution in [2.75, 3.05) is 25.2 Å². The van der Waals surface area contributed by atoms with Crippen LogP contribution in [0.3, 0.4) is 0 Å². The molecule has 0 heterocycles. The van der Waals surface area contributed by atoms with Crippen LogP contribution in [0.15, 0.2) is 18.2 Å². The molecule has 1 aromatic rings. The van der Waals surface area contributed by atoms with E-state index in [0.717, 1.165) is 24.3 Å².